The molecule has 2 saturated heterocycles. The standard InChI is InChI=1S/C13H20N2O3/c16-12(9-1-2-9)14-10-3-6-15(7-4-10)11-5-8-18-13(11)17/h9-11H,1-8H2,(H,14,16). The fraction of sp³-hybridized carbons (Fsp3) is 0.846. The van der Waals surface area contributed by atoms with Gasteiger partial charge in [-0.25, -0.2) is 0 Å². The zero-order valence-corrected chi connectivity index (χ0v) is 10.6. The van der Waals surface area contributed by atoms with Crippen LogP contribution < -0.4 is 5.32 Å². The zero-order valence-electron chi connectivity index (χ0n) is 10.6. The quantitative estimate of drug-likeness (QED) is 0.734. The highest BCUT2D eigenvalue weighted by Crippen LogP contribution is 2.29. The largest absolute Gasteiger partial charge is 0.464 e. The summed E-state index contributed by atoms with van der Waals surface area (Å²) in [5.74, 6) is 0.442. The van der Waals surface area contributed by atoms with Crippen molar-refractivity contribution in [2.75, 3.05) is 19.7 Å². The number of carbonyl (C=O) groups is 2. The third kappa shape index (κ3) is 2.51. The van der Waals surface area contributed by atoms with Gasteiger partial charge in [-0.15, -0.1) is 0 Å². The summed E-state index contributed by atoms with van der Waals surface area (Å²) < 4.78 is 5.00. The van der Waals surface area contributed by atoms with E-state index in [-0.39, 0.29) is 23.8 Å². The van der Waals surface area contributed by atoms with Gasteiger partial charge in [0.05, 0.1) is 6.61 Å². The Labute approximate surface area is 107 Å². The number of rotatable bonds is 3. The highest BCUT2D eigenvalue weighted by Gasteiger charge is 2.36. The summed E-state index contributed by atoms with van der Waals surface area (Å²) in [5.41, 5.74) is 0. The smallest absolute Gasteiger partial charge is 0.323 e. The number of likely N-dealkylation sites (tertiary alicyclic amines) is 1. The number of amides is 1. The number of ether oxygens (including phenoxy) is 1. The number of hydrogen-bond donors (Lipinski definition) is 1. The van der Waals surface area contributed by atoms with E-state index in [0.717, 1.165) is 45.2 Å². The molecule has 100 valence electrons. The summed E-state index contributed by atoms with van der Waals surface area (Å²) in [6.07, 6.45) is 4.82. The second kappa shape index (κ2) is 4.88. The van der Waals surface area contributed by atoms with Gasteiger partial charge < -0.3 is 10.1 Å². The normalized spacial score (nSPS) is 30.2. The number of nitrogens with zero attached hydrogens (tertiary/aromatic N) is 1. The maximum absolute atomic E-state index is 11.7. The average molecular weight is 252 g/mol. The Morgan fingerprint density at radius 1 is 1.17 bits per heavy atom. The number of carbonyl (C=O) groups excluding carboxylic acids is 2. The summed E-state index contributed by atoms with van der Waals surface area (Å²) in [5, 5.41) is 3.12. The maximum Gasteiger partial charge on any atom is 0.323 e. The van der Waals surface area contributed by atoms with E-state index in [4.69, 9.17) is 4.74 Å². The fourth-order valence-corrected chi connectivity index (χ4v) is 2.84. The molecule has 0 aromatic rings. The lowest BCUT2D eigenvalue weighted by atomic mass is 10.0. The van der Waals surface area contributed by atoms with Crippen molar-refractivity contribution >= 4 is 11.9 Å². The van der Waals surface area contributed by atoms with Crippen molar-refractivity contribution < 1.29 is 14.3 Å². The molecule has 3 rings (SSSR count). The predicted molar refractivity (Wildman–Crippen MR) is 64.8 cm³/mol. The van der Waals surface area contributed by atoms with Crippen LogP contribution in [0.4, 0.5) is 0 Å². The molecular weight excluding hydrogens is 232 g/mol. The van der Waals surface area contributed by atoms with E-state index in [9.17, 15) is 9.59 Å². The van der Waals surface area contributed by atoms with Gasteiger partial charge in [0, 0.05) is 31.5 Å². The van der Waals surface area contributed by atoms with E-state index < -0.39 is 0 Å². The van der Waals surface area contributed by atoms with Gasteiger partial charge in [-0.05, 0) is 25.7 Å². The van der Waals surface area contributed by atoms with E-state index in [1.165, 1.54) is 0 Å². The third-order valence-electron chi connectivity index (χ3n) is 4.17. The Bertz CT molecular complexity index is 346. The molecule has 1 saturated carbocycles. The Morgan fingerprint density at radius 3 is 2.44 bits per heavy atom. The first-order chi connectivity index (χ1) is 8.74. The summed E-state index contributed by atoms with van der Waals surface area (Å²) in [7, 11) is 0. The van der Waals surface area contributed by atoms with Crippen molar-refractivity contribution in [3.05, 3.63) is 0 Å². The van der Waals surface area contributed by atoms with E-state index >= 15 is 0 Å². The van der Waals surface area contributed by atoms with Crippen LogP contribution >= 0.6 is 0 Å². The Kier molecular flexibility index (Phi) is 3.24. The number of piperidine rings is 1. The van der Waals surface area contributed by atoms with Crippen LogP contribution in [0.3, 0.4) is 0 Å². The molecule has 0 radical (unpaired) electrons. The summed E-state index contributed by atoms with van der Waals surface area (Å²) in [4.78, 5) is 25.4. The molecule has 5 nitrogen and oxygen atoms in total. The lowest BCUT2D eigenvalue weighted by Gasteiger charge is -2.34. The van der Waals surface area contributed by atoms with E-state index in [1.807, 2.05) is 0 Å². The molecule has 1 amide bonds. The van der Waals surface area contributed by atoms with Crippen molar-refractivity contribution in [1.29, 1.82) is 0 Å². The average Bonchev–Trinajstić information content (AvgIpc) is 3.14. The van der Waals surface area contributed by atoms with Gasteiger partial charge in [-0.3, -0.25) is 14.5 Å². The Morgan fingerprint density at radius 2 is 1.89 bits per heavy atom. The molecule has 0 spiro atoms. The Balaban J connectivity index is 1.45. The van der Waals surface area contributed by atoms with E-state index in [0.29, 0.717) is 12.6 Å². The second-order valence-electron chi connectivity index (χ2n) is 5.57. The molecule has 18 heavy (non-hydrogen) atoms. The van der Waals surface area contributed by atoms with Crippen molar-refractivity contribution in [1.82, 2.24) is 10.2 Å². The lowest BCUT2D eigenvalue weighted by molar-refractivity contribution is -0.142. The first-order valence-corrected chi connectivity index (χ1v) is 6.95. The van der Waals surface area contributed by atoms with Gasteiger partial charge in [0.15, 0.2) is 0 Å². The van der Waals surface area contributed by atoms with Crippen LogP contribution in [0, 0.1) is 5.92 Å². The van der Waals surface area contributed by atoms with Crippen molar-refractivity contribution in [3.63, 3.8) is 0 Å². The molecule has 2 heterocycles. The predicted octanol–water partition coefficient (Wildman–Crippen LogP) is 0.292. The fourth-order valence-electron chi connectivity index (χ4n) is 2.84. The van der Waals surface area contributed by atoms with Gasteiger partial charge in [0.1, 0.15) is 6.04 Å². The minimum absolute atomic E-state index is 0.0370. The molecule has 1 unspecified atom stereocenters. The second-order valence-corrected chi connectivity index (χ2v) is 5.57. The monoisotopic (exact) mass is 252 g/mol. The van der Waals surface area contributed by atoms with Crippen LogP contribution in [0.2, 0.25) is 0 Å². The number of nitrogens with one attached hydrogen (secondary N) is 1. The SMILES string of the molecule is O=C(NC1CCN(C2CCOC2=O)CC1)C1CC1. The Hall–Kier alpha value is -1.10. The van der Waals surface area contributed by atoms with Gasteiger partial charge in [-0.1, -0.05) is 0 Å². The molecule has 2 aliphatic heterocycles. The zero-order chi connectivity index (χ0) is 12.5. The van der Waals surface area contributed by atoms with Crippen LogP contribution in [0.25, 0.3) is 0 Å². The number of hydrogen-bond acceptors (Lipinski definition) is 4. The molecule has 0 bridgehead atoms. The lowest BCUT2D eigenvalue weighted by Crippen LogP contribution is -2.49. The number of cyclic esters (lactones) is 1. The highest BCUT2D eigenvalue weighted by atomic mass is 16.5. The molecule has 3 fully saturated rings. The summed E-state index contributed by atoms with van der Waals surface area (Å²) in [6.45, 7) is 2.33. The van der Waals surface area contributed by atoms with Crippen LogP contribution in [0.15, 0.2) is 0 Å². The third-order valence-corrected chi connectivity index (χ3v) is 4.17. The summed E-state index contributed by atoms with van der Waals surface area (Å²) in [6, 6.07) is 0.261. The van der Waals surface area contributed by atoms with Crippen LogP contribution in [-0.2, 0) is 14.3 Å². The van der Waals surface area contributed by atoms with Crippen molar-refractivity contribution in [2.24, 2.45) is 5.92 Å². The van der Waals surface area contributed by atoms with Crippen LogP contribution in [-0.4, -0.2) is 48.6 Å². The maximum atomic E-state index is 11.7. The number of esters is 1. The molecular formula is C13H20N2O3. The molecule has 0 aromatic heterocycles. The van der Waals surface area contributed by atoms with Gasteiger partial charge in [0.25, 0.3) is 0 Å². The molecule has 3 aliphatic rings. The van der Waals surface area contributed by atoms with Gasteiger partial charge in [0.2, 0.25) is 5.91 Å². The molecule has 0 aromatic carbocycles. The molecule has 1 N–H and O–H groups in total. The summed E-state index contributed by atoms with van der Waals surface area (Å²) >= 11 is 0. The van der Waals surface area contributed by atoms with Gasteiger partial charge in [-0.2, -0.15) is 0 Å². The highest BCUT2D eigenvalue weighted by molar-refractivity contribution is 5.81. The minimum Gasteiger partial charge on any atom is -0.464 e. The van der Waals surface area contributed by atoms with Crippen LogP contribution in [0.1, 0.15) is 32.1 Å². The van der Waals surface area contributed by atoms with E-state index in [2.05, 4.69) is 10.2 Å². The molecule has 1 atom stereocenters. The van der Waals surface area contributed by atoms with Crippen LogP contribution in [0.5, 0.6) is 0 Å². The first-order valence-electron chi connectivity index (χ1n) is 6.95. The molecule has 5 heteroatoms. The van der Waals surface area contributed by atoms with Gasteiger partial charge >= 0.3 is 5.97 Å². The van der Waals surface area contributed by atoms with E-state index in [1.54, 1.807) is 0 Å². The molecule has 1 aliphatic carbocycles. The van der Waals surface area contributed by atoms with Crippen molar-refractivity contribution in [2.45, 2.75) is 44.2 Å². The topological polar surface area (TPSA) is 58.6 Å². The van der Waals surface area contributed by atoms with Crippen molar-refractivity contribution in [3.8, 4) is 0 Å². The first kappa shape index (κ1) is 12.0. The minimum atomic E-state index is -0.0736.